The Bertz CT molecular complexity index is 442. The lowest BCUT2D eigenvalue weighted by Gasteiger charge is -2.38. The second kappa shape index (κ2) is 6.79. The van der Waals surface area contributed by atoms with Crippen LogP contribution in [0.5, 0.6) is 0 Å². The molecule has 0 spiro atoms. The second-order valence-electron chi connectivity index (χ2n) is 5.81. The molecule has 0 saturated carbocycles. The lowest BCUT2D eigenvalue weighted by molar-refractivity contribution is -0.00526. The van der Waals surface area contributed by atoms with Gasteiger partial charge in [0.15, 0.2) is 0 Å². The summed E-state index contributed by atoms with van der Waals surface area (Å²) in [6.07, 6.45) is 2.36. The van der Waals surface area contributed by atoms with Crippen molar-refractivity contribution < 1.29 is 4.74 Å². The molecule has 1 aromatic carbocycles. The molecule has 1 saturated heterocycles. The fourth-order valence-electron chi connectivity index (χ4n) is 2.81. The van der Waals surface area contributed by atoms with Gasteiger partial charge in [0.1, 0.15) is 0 Å². The van der Waals surface area contributed by atoms with Gasteiger partial charge in [0, 0.05) is 29.8 Å². The molecule has 0 radical (unpaired) electrons. The minimum absolute atomic E-state index is 0.200. The quantitative estimate of drug-likeness (QED) is 0.927. The van der Waals surface area contributed by atoms with Crippen molar-refractivity contribution in [3.63, 3.8) is 0 Å². The second-order valence-corrected chi connectivity index (χ2v) is 6.24. The van der Waals surface area contributed by atoms with Crippen molar-refractivity contribution in [3.8, 4) is 0 Å². The van der Waals surface area contributed by atoms with Crippen molar-refractivity contribution >= 4 is 17.3 Å². The average molecular weight is 297 g/mol. The van der Waals surface area contributed by atoms with Crippen molar-refractivity contribution in [2.24, 2.45) is 5.73 Å². The van der Waals surface area contributed by atoms with Crippen molar-refractivity contribution in [1.82, 2.24) is 0 Å². The fourth-order valence-corrected chi connectivity index (χ4v) is 2.97. The lowest BCUT2D eigenvalue weighted by Crippen LogP contribution is -2.46. The monoisotopic (exact) mass is 296 g/mol. The van der Waals surface area contributed by atoms with E-state index in [-0.39, 0.29) is 18.2 Å². The summed E-state index contributed by atoms with van der Waals surface area (Å²) in [6.45, 7) is 8.16. The predicted octanol–water partition coefficient (Wildman–Crippen LogP) is 3.23. The number of hydrogen-bond donors (Lipinski definition) is 1. The number of rotatable bonds is 4. The number of halogens is 1. The van der Waals surface area contributed by atoms with Crippen LogP contribution in [0.15, 0.2) is 18.2 Å². The molecule has 1 aliphatic rings. The van der Waals surface area contributed by atoms with Crippen molar-refractivity contribution in [2.75, 3.05) is 18.0 Å². The van der Waals surface area contributed by atoms with E-state index in [4.69, 9.17) is 22.1 Å². The normalized spacial score (nSPS) is 24.8. The molecular formula is C16H25ClN2O. The van der Waals surface area contributed by atoms with Gasteiger partial charge in [0.05, 0.1) is 12.2 Å². The summed E-state index contributed by atoms with van der Waals surface area (Å²) in [7, 11) is 0. The highest BCUT2D eigenvalue weighted by Gasteiger charge is 2.24. The number of hydrogen-bond acceptors (Lipinski definition) is 3. The molecule has 112 valence electrons. The summed E-state index contributed by atoms with van der Waals surface area (Å²) >= 11 is 6.19. The number of benzene rings is 1. The third kappa shape index (κ3) is 3.87. The first kappa shape index (κ1) is 15.6. The first-order valence-electron chi connectivity index (χ1n) is 7.44. The van der Waals surface area contributed by atoms with E-state index in [1.165, 1.54) is 11.3 Å². The maximum Gasteiger partial charge on any atom is 0.0726 e. The van der Waals surface area contributed by atoms with E-state index in [0.29, 0.717) is 0 Å². The number of anilines is 1. The molecule has 1 aromatic rings. The zero-order valence-corrected chi connectivity index (χ0v) is 13.4. The molecule has 0 aromatic heterocycles. The Balaban J connectivity index is 2.26. The van der Waals surface area contributed by atoms with Crippen LogP contribution in [0.1, 0.15) is 32.8 Å². The van der Waals surface area contributed by atoms with Gasteiger partial charge in [-0.05, 0) is 44.4 Å². The fraction of sp³-hybridized carbons (Fsp3) is 0.625. The Kier molecular flexibility index (Phi) is 5.30. The van der Waals surface area contributed by atoms with Gasteiger partial charge < -0.3 is 15.4 Å². The maximum absolute atomic E-state index is 6.19. The van der Waals surface area contributed by atoms with Crippen molar-refractivity contribution in [3.05, 3.63) is 28.8 Å². The maximum atomic E-state index is 6.19. The summed E-state index contributed by atoms with van der Waals surface area (Å²) in [4.78, 5) is 2.38. The third-order valence-corrected chi connectivity index (χ3v) is 4.05. The van der Waals surface area contributed by atoms with E-state index in [0.717, 1.165) is 31.0 Å². The molecule has 2 N–H and O–H groups in total. The topological polar surface area (TPSA) is 38.5 Å². The Morgan fingerprint density at radius 1 is 1.35 bits per heavy atom. The molecule has 3 nitrogen and oxygen atoms in total. The molecule has 2 rings (SSSR count). The first-order valence-corrected chi connectivity index (χ1v) is 7.81. The Labute approximate surface area is 127 Å². The van der Waals surface area contributed by atoms with E-state index >= 15 is 0 Å². The van der Waals surface area contributed by atoms with Gasteiger partial charge in [-0.15, -0.1) is 0 Å². The van der Waals surface area contributed by atoms with Crippen LogP contribution in [0.4, 0.5) is 5.69 Å². The van der Waals surface area contributed by atoms with Crippen molar-refractivity contribution in [1.29, 1.82) is 0 Å². The minimum atomic E-state index is 0.200. The molecule has 0 aliphatic carbocycles. The molecule has 0 amide bonds. The Morgan fingerprint density at radius 2 is 2.00 bits per heavy atom. The average Bonchev–Trinajstić information content (AvgIpc) is 2.39. The molecule has 3 unspecified atom stereocenters. The van der Waals surface area contributed by atoms with Crippen LogP contribution < -0.4 is 10.6 Å². The smallest absolute Gasteiger partial charge is 0.0726 e. The Morgan fingerprint density at radius 3 is 2.60 bits per heavy atom. The summed E-state index contributed by atoms with van der Waals surface area (Å²) in [6, 6.07) is 6.32. The Hall–Kier alpha value is -0.770. The van der Waals surface area contributed by atoms with Gasteiger partial charge in [-0.3, -0.25) is 0 Å². The van der Waals surface area contributed by atoms with Crippen LogP contribution in [-0.2, 0) is 11.2 Å². The molecule has 20 heavy (non-hydrogen) atoms. The first-order chi connectivity index (χ1) is 9.49. The molecule has 0 bridgehead atoms. The van der Waals surface area contributed by atoms with Gasteiger partial charge in [0.2, 0.25) is 0 Å². The molecule has 1 aliphatic heterocycles. The van der Waals surface area contributed by atoms with E-state index in [9.17, 15) is 0 Å². The molecule has 1 heterocycles. The van der Waals surface area contributed by atoms with Crippen LogP contribution >= 0.6 is 11.6 Å². The van der Waals surface area contributed by atoms with E-state index in [1.807, 2.05) is 6.07 Å². The molecule has 1 fully saturated rings. The lowest BCUT2D eigenvalue weighted by atomic mass is 10.0. The largest absolute Gasteiger partial charge is 0.372 e. The van der Waals surface area contributed by atoms with Crippen LogP contribution in [0.3, 0.4) is 0 Å². The predicted molar refractivity (Wildman–Crippen MR) is 85.6 cm³/mol. The molecule has 3 atom stereocenters. The van der Waals surface area contributed by atoms with E-state index in [2.05, 4.69) is 37.8 Å². The highest BCUT2D eigenvalue weighted by atomic mass is 35.5. The van der Waals surface area contributed by atoms with Gasteiger partial charge in [-0.1, -0.05) is 24.6 Å². The van der Waals surface area contributed by atoms with Crippen LogP contribution in [0.25, 0.3) is 0 Å². The van der Waals surface area contributed by atoms with Crippen LogP contribution in [-0.4, -0.2) is 31.3 Å². The summed E-state index contributed by atoms with van der Waals surface area (Å²) in [5.74, 6) is 0. The van der Waals surface area contributed by atoms with Crippen LogP contribution in [0, 0.1) is 0 Å². The molecule has 4 heteroatoms. The third-order valence-electron chi connectivity index (χ3n) is 3.81. The van der Waals surface area contributed by atoms with Crippen LogP contribution in [0.2, 0.25) is 5.02 Å². The zero-order valence-electron chi connectivity index (χ0n) is 12.6. The zero-order chi connectivity index (χ0) is 14.7. The highest BCUT2D eigenvalue weighted by Crippen LogP contribution is 2.28. The van der Waals surface area contributed by atoms with E-state index in [1.54, 1.807) is 0 Å². The van der Waals surface area contributed by atoms with Gasteiger partial charge in [-0.25, -0.2) is 0 Å². The highest BCUT2D eigenvalue weighted by molar-refractivity contribution is 6.30. The van der Waals surface area contributed by atoms with Gasteiger partial charge in [-0.2, -0.15) is 0 Å². The summed E-state index contributed by atoms with van der Waals surface area (Å²) < 4.78 is 5.81. The summed E-state index contributed by atoms with van der Waals surface area (Å²) in [5, 5.41) is 0.778. The van der Waals surface area contributed by atoms with Gasteiger partial charge >= 0.3 is 0 Å². The number of nitrogens with two attached hydrogens (primary N) is 1. The standard InChI is InChI=1S/C16H25ClN2O/c1-4-15(18)7-13-5-6-14(17)8-16(13)19-9-11(2)20-12(3)10-19/h5-6,8,11-12,15H,4,7,9-10,18H2,1-3H3. The number of nitrogens with zero attached hydrogens (tertiary/aromatic N) is 1. The van der Waals surface area contributed by atoms with E-state index < -0.39 is 0 Å². The minimum Gasteiger partial charge on any atom is -0.372 e. The number of ether oxygens (including phenoxy) is 1. The number of morpholine rings is 1. The summed E-state index contributed by atoms with van der Waals surface area (Å²) in [5.41, 5.74) is 8.61. The van der Waals surface area contributed by atoms with Crippen molar-refractivity contribution in [2.45, 2.75) is 51.9 Å². The van der Waals surface area contributed by atoms with Gasteiger partial charge in [0.25, 0.3) is 0 Å². The SMILES string of the molecule is CCC(N)Cc1ccc(Cl)cc1N1CC(C)OC(C)C1. The molecular weight excluding hydrogens is 272 g/mol.